The summed E-state index contributed by atoms with van der Waals surface area (Å²) in [6, 6.07) is 7.87. The minimum Gasteiger partial charge on any atom is -0.361 e. The number of nitrogens with zero attached hydrogens (tertiary/aromatic N) is 2. The van der Waals surface area contributed by atoms with Crippen molar-refractivity contribution in [2.75, 3.05) is 0 Å². The van der Waals surface area contributed by atoms with E-state index in [9.17, 15) is 0 Å². The van der Waals surface area contributed by atoms with Gasteiger partial charge >= 0.3 is 0 Å². The van der Waals surface area contributed by atoms with Gasteiger partial charge in [0.15, 0.2) is 0 Å². The van der Waals surface area contributed by atoms with E-state index in [4.69, 9.17) is 4.52 Å². The lowest BCUT2D eigenvalue weighted by atomic mass is 10.1. The summed E-state index contributed by atoms with van der Waals surface area (Å²) in [5.41, 5.74) is 2.68. The SMILES string of the molecule is Cc1cccc(-c2cc(CC(C)C)on2)n1. The third-order valence-corrected chi connectivity index (χ3v) is 2.32. The monoisotopic (exact) mass is 216 g/mol. The van der Waals surface area contributed by atoms with Crippen LogP contribution in [0.2, 0.25) is 0 Å². The Bertz CT molecular complexity index is 474. The first-order valence-corrected chi connectivity index (χ1v) is 5.55. The molecule has 3 heteroatoms. The van der Waals surface area contributed by atoms with Gasteiger partial charge in [0, 0.05) is 18.2 Å². The maximum absolute atomic E-state index is 5.28. The highest BCUT2D eigenvalue weighted by Crippen LogP contribution is 2.18. The van der Waals surface area contributed by atoms with E-state index in [0.29, 0.717) is 5.92 Å². The van der Waals surface area contributed by atoms with Gasteiger partial charge in [0.05, 0.1) is 5.69 Å². The Morgan fingerprint density at radius 2 is 2.06 bits per heavy atom. The van der Waals surface area contributed by atoms with Gasteiger partial charge in [-0.2, -0.15) is 0 Å². The third-order valence-electron chi connectivity index (χ3n) is 2.32. The molecule has 0 aliphatic carbocycles. The van der Waals surface area contributed by atoms with Gasteiger partial charge in [-0.05, 0) is 25.0 Å². The Kier molecular flexibility index (Phi) is 3.04. The number of aromatic nitrogens is 2. The van der Waals surface area contributed by atoms with Crippen molar-refractivity contribution in [3.63, 3.8) is 0 Å². The van der Waals surface area contributed by atoms with Crippen molar-refractivity contribution in [1.82, 2.24) is 10.1 Å². The molecule has 0 N–H and O–H groups in total. The molecular weight excluding hydrogens is 200 g/mol. The van der Waals surface area contributed by atoms with Crippen molar-refractivity contribution in [2.24, 2.45) is 5.92 Å². The van der Waals surface area contributed by atoms with Crippen LogP contribution in [-0.2, 0) is 6.42 Å². The fourth-order valence-corrected chi connectivity index (χ4v) is 1.62. The van der Waals surface area contributed by atoms with Crippen molar-refractivity contribution < 1.29 is 4.52 Å². The zero-order valence-corrected chi connectivity index (χ0v) is 9.90. The molecule has 0 radical (unpaired) electrons. The predicted molar refractivity (Wildman–Crippen MR) is 63.0 cm³/mol. The summed E-state index contributed by atoms with van der Waals surface area (Å²) in [6.07, 6.45) is 0.915. The van der Waals surface area contributed by atoms with Crippen LogP contribution in [0.1, 0.15) is 25.3 Å². The summed E-state index contributed by atoms with van der Waals surface area (Å²) >= 11 is 0. The average Bonchev–Trinajstić information content (AvgIpc) is 2.65. The van der Waals surface area contributed by atoms with Gasteiger partial charge < -0.3 is 4.52 Å². The summed E-state index contributed by atoms with van der Waals surface area (Å²) in [5.74, 6) is 1.50. The van der Waals surface area contributed by atoms with E-state index < -0.39 is 0 Å². The molecule has 0 fully saturated rings. The molecule has 0 bridgehead atoms. The highest BCUT2D eigenvalue weighted by atomic mass is 16.5. The van der Waals surface area contributed by atoms with Crippen LogP contribution in [0, 0.1) is 12.8 Å². The van der Waals surface area contributed by atoms with Crippen LogP contribution >= 0.6 is 0 Å². The molecule has 2 rings (SSSR count). The minimum absolute atomic E-state index is 0.575. The van der Waals surface area contributed by atoms with Crippen molar-refractivity contribution in [1.29, 1.82) is 0 Å². The van der Waals surface area contributed by atoms with E-state index in [1.807, 2.05) is 31.2 Å². The van der Waals surface area contributed by atoms with E-state index in [-0.39, 0.29) is 0 Å². The lowest BCUT2D eigenvalue weighted by Gasteiger charge is -1.97. The van der Waals surface area contributed by atoms with Crippen LogP contribution in [0.3, 0.4) is 0 Å². The van der Waals surface area contributed by atoms with Crippen molar-refractivity contribution in [3.05, 3.63) is 35.7 Å². The summed E-state index contributed by atoms with van der Waals surface area (Å²) in [5, 5.41) is 4.04. The number of pyridine rings is 1. The molecule has 3 nitrogen and oxygen atoms in total. The zero-order chi connectivity index (χ0) is 11.5. The number of hydrogen-bond acceptors (Lipinski definition) is 3. The van der Waals surface area contributed by atoms with Crippen LogP contribution in [0.25, 0.3) is 11.4 Å². The highest BCUT2D eigenvalue weighted by Gasteiger charge is 2.08. The second-order valence-electron chi connectivity index (χ2n) is 4.44. The Balaban J connectivity index is 2.24. The molecule has 0 unspecified atom stereocenters. The van der Waals surface area contributed by atoms with Crippen molar-refractivity contribution in [2.45, 2.75) is 27.2 Å². The van der Waals surface area contributed by atoms with Gasteiger partial charge in [-0.3, -0.25) is 4.98 Å². The van der Waals surface area contributed by atoms with E-state index >= 15 is 0 Å². The zero-order valence-electron chi connectivity index (χ0n) is 9.90. The molecule has 0 spiro atoms. The highest BCUT2D eigenvalue weighted by molar-refractivity contribution is 5.53. The number of aryl methyl sites for hydroxylation is 1. The standard InChI is InChI=1S/C13H16N2O/c1-9(2)7-11-8-13(15-16-11)12-6-4-5-10(3)14-12/h4-6,8-9H,7H2,1-3H3. The Morgan fingerprint density at radius 1 is 1.25 bits per heavy atom. The van der Waals surface area contributed by atoms with Crippen molar-refractivity contribution >= 4 is 0 Å². The molecule has 2 heterocycles. The molecule has 0 aliphatic rings. The molecule has 84 valence electrons. The van der Waals surface area contributed by atoms with Crippen molar-refractivity contribution in [3.8, 4) is 11.4 Å². The van der Waals surface area contributed by atoms with E-state index in [1.165, 1.54) is 0 Å². The lowest BCUT2D eigenvalue weighted by Crippen LogP contribution is -1.91. The second kappa shape index (κ2) is 4.47. The molecule has 0 amide bonds. The first-order valence-electron chi connectivity index (χ1n) is 5.55. The maximum Gasteiger partial charge on any atom is 0.137 e. The van der Waals surface area contributed by atoms with E-state index in [0.717, 1.165) is 29.3 Å². The average molecular weight is 216 g/mol. The second-order valence-corrected chi connectivity index (χ2v) is 4.44. The quantitative estimate of drug-likeness (QED) is 0.790. The fraction of sp³-hybridized carbons (Fsp3) is 0.385. The van der Waals surface area contributed by atoms with E-state index in [2.05, 4.69) is 24.0 Å². The summed E-state index contributed by atoms with van der Waals surface area (Å²) in [7, 11) is 0. The van der Waals surface area contributed by atoms with Gasteiger partial charge in [0.2, 0.25) is 0 Å². The smallest absolute Gasteiger partial charge is 0.137 e. The van der Waals surface area contributed by atoms with Gasteiger partial charge in [-0.1, -0.05) is 25.1 Å². The molecule has 2 aromatic heterocycles. The molecule has 2 aromatic rings. The lowest BCUT2D eigenvalue weighted by molar-refractivity contribution is 0.370. The molecule has 0 aliphatic heterocycles. The first-order chi connectivity index (χ1) is 7.65. The van der Waals surface area contributed by atoms with Gasteiger partial charge in [-0.15, -0.1) is 0 Å². The molecule has 0 aromatic carbocycles. The number of rotatable bonds is 3. The molecule has 16 heavy (non-hydrogen) atoms. The molecule has 0 saturated heterocycles. The predicted octanol–water partition coefficient (Wildman–Crippen LogP) is 3.24. The minimum atomic E-state index is 0.575. The first kappa shape index (κ1) is 10.9. The van der Waals surface area contributed by atoms with Crippen LogP contribution in [-0.4, -0.2) is 10.1 Å². The van der Waals surface area contributed by atoms with E-state index in [1.54, 1.807) is 0 Å². The topological polar surface area (TPSA) is 38.9 Å². The normalized spacial score (nSPS) is 11.0. The van der Waals surface area contributed by atoms with Crippen LogP contribution in [0.4, 0.5) is 0 Å². The maximum atomic E-state index is 5.28. The van der Waals surface area contributed by atoms with Crippen LogP contribution in [0.15, 0.2) is 28.8 Å². The summed E-state index contributed by atoms with van der Waals surface area (Å²) in [6.45, 7) is 6.29. The summed E-state index contributed by atoms with van der Waals surface area (Å²) in [4.78, 5) is 4.41. The Hall–Kier alpha value is -1.64. The van der Waals surface area contributed by atoms with Gasteiger partial charge in [0.1, 0.15) is 11.5 Å². The largest absolute Gasteiger partial charge is 0.361 e. The molecule has 0 saturated carbocycles. The third kappa shape index (κ3) is 2.48. The van der Waals surface area contributed by atoms with Gasteiger partial charge in [0.25, 0.3) is 0 Å². The Labute approximate surface area is 95.5 Å². The van der Waals surface area contributed by atoms with Gasteiger partial charge in [-0.25, -0.2) is 0 Å². The number of hydrogen-bond donors (Lipinski definition) is 0. The van der Waals surface area contributed by atoms with Crippen LogP contribution in [0.5, 0.6) is 0 Å². The molecular formula is C13H16N2O. The summed E-state index contributed by atoms with van der Waals surface area (Å²) < 4.78 is 5.28. The molecule has 0 atom stereocenters. The fourth-order valence-electron chi connectivity index (χ4n) is 1.62. The van der Waals surface area contributed by atoms with Crippen LogP contribution < -0.4 is 0 Å². The Morgan fingerprint density at radius 3 is 2.75 bits per heavy atom.